The minimum atomic E-state index is -0.0607. The Bertz CT molecular complexity index is 1020. The van der Waals surface area contributed by atoms with Crippen LogP contribution in [0.25, 0.3) is 11.5 Å². The van der Waals surface area contributed by atoms with Crippen molar-refractivity contribution in [3.8, 4) is 17.2 Å². The number of carbonyl (C=O) groups is 1. The Labute approximate surface area is 180 Å². The van der Waals surface area contributed by atoms with Gasteiger partial charge < -0.3 is 14.5 Å². The maximum Gasteiger partial charge on any atom is 0.277 e. The number of methoxy groups -OCH3 is 1. The van der Waals surface area contributed by atoms with Crippen LogP contribution in [0.2, 0.25) is 0 Å². The number of rotatable bonds is 7. The normalized spacial score (nSPS) is 14.1. The van der Waals surface area contributed by atoms with E-state index in [1.165, 1.54) is 35.7 Å². The van der Waals surface area contributed by atoms with Gasteiger partial charge in [-0.2, -0.15) is 0 Å². The first kappa shape index (κ1) is 20.5. The molecule has 0 aliphatic heterocycles. The molecule has 7 heteroatoms. The van der Waals surface area contributed by atoms with Crippen LogP contribution < -0.4 is 10.1 Å². The summed E-state index contributed by atoms with van der Waals surface area (Å²) in [6.45, 7) is 2.02. The fourth-order valence-electron chi connectivity index (χ4n) is 3.63. The van der Waals surface area contributed by atoms with Crippen molar-refractivity contribution in [3.63, 3.8) is 0 Å². The second-order valence-electron chi connectivity index (χ2n) is 7.41. The molecule has 1 aromatic heterocycles. The van der Waals surface area contributed by atoms with Crippen LogP contribution in [-0.4, -0.2) is 29.0 Å². The lowest BCUT2D eigenvalue weighted by Crippen LogP contribution is -2.28. The van der Waals surface area contributed by atoms with E-state index in [0.717, 1.165) is 29.7 Å². The molecule has 2 aromatic carbocycles. The summed E-state index contributed by atoms with van der Waals surface area (Å²) < 4.78 is 10.8. The van der Waals surface area contributed by atoms with E-state index in [1.807, 2.05) is 31.2 Å². The maximum absolute atomic E-state index is 12.4. The molecule has 4 rings (SSSR count). The molecule has 0 saturated carbocycles. The van der Waals surface area contributed by atoms with Gasteiger partial charge in [0.15, 0.2) is 0 Å². The molecule has 1 unspecified atom stereocenters. The minimum absolute atomic E-state index is 0.0390. The highest BCUT2D eigenvalue weighted by atomic mass is 32.2. The number of amides is 1. The number of fused-ring (bicyclic) bond motifs is 1. The number of nitrogens with one attached hydrogen (secondary N) is 1. The molecule has 0 radical (unpaired) electrons. The third-order valence-electron chi connectivity index (χ3n) is 5.32. The van der Waals surface area contributed by atoms with Crippen molar-refractivity contribution in [3.05, 3.63) is 59.2 Å². The maximum atomic E-state index is 12.4. The second kappa shape index (κ2) is 9.34. The van der Waals surface area contributed by atoms with Gasteiger partial charge in [0.25, 0.3) is 5.22 Å². The summed E-state index contributed by atoms with van der Waals surface area (Å²) >= 11 is 1.23. The van der Waals surface area contributed by atoms with Crippen LogP contribution in [0.5, 0.6) is 5.75 Å². The van der Waals surface area contributed by atoms with Crippen LogP contribution in [-0.2, 0) is 17.6 Å². The minimum Gasteiger partial charge on any atom is -0.497 e. The Hall–Kier alpha value is -2.80. The predicted octanol–water partition coefficient (Wildman–Crippen LogP) is 4.59. The van der Waals surface area contributed by atoms with Crippen LogP contribution in [0, 0.1) is 0 Å². The number of ether oxygens (including phenoxy) is 1. The number of thioether (sulfide) groups is 1. The molecule has 1 heterocycles. The summed E-state index contributed by atoms with van der Waals surface area (Å²) in [5.41, 5.74) is 4.82. The third-order valence-corrected chi connectivity index (χ3v) is 6.14. The highest BCUT2D eigenvalue weighted by molar-refractivity contribution is 7.99. The van der Waals surface area contributed by atoms with Crippen molar-refractivity contribution in [2.45, 2.75) is 43.9 Å². The van der Waals surface area contributed by atoms with Crippen molar-refractivity contribution in [2.24, 2.45) is 0 Å². The number of benzene rings is 2. The molecule has 1 aliphatic carbocycles. The van der Waals surface area contributed by atoms with E-state index in [1.54, 1.807) is 7.11 Å². The van der Waals surface area contributed by atoms with Gasteiger partial charge in [0.2, 0.25) is 11.8 Å². The van der Waals surface area contributed by atoms with Crippen LogP contribution in [0.4, 0.5) is 0 Å². The first-order valence-corrected chi connectivity index (χ1v) is 11.1. The summed E-state index contributed by atoms with van der Waals surface area (Å²) in [6, 6.07) is 13.9. The fourth-order valence-corrected chi connectivity index (χ4v) is 4.21. The zero-order chi connectivity index (χ0) is 20.9. The van der Waals surface area contributed by atoms with Crippen LogP contribution >= 0.6 is 11.8 Å². The average molecular weight is 424 g/mol. The molecule has 3 aromatic rings. The molecular formula is C23H25N3O3S. The Balaban J connectivity index is 1.31. The zero-order valence-corrected chi connectivity index (χ0v) is 18.0. The van der Waals surface area contributed by atoms with Crippen LogP contribution in [0.15, 0.2) is 52.1 Å². The van der Waals surface area contributed by atoms with Gasteiger partial charge in [0.05, 0.1) is 18.9 Å². The fraction of sp³-hybridized carbons (Fsp3) is 0.348. The lowest BCUT2D eigenvalue weighted by Gasteiger charge is -2.20. The topological polar surface area (TPSA) is 77.2 Å². The van der Waals surface area contributed by atoms with Gasteiger partial charge in [0.1, 0.15) is 5.75 Å². The monoisotopic (exact) mass is 423 g/mol. The van der Waals surface area contributed by atoms with Gasteiger partial charge in [0, 0.05) is 5.56 Å². The molecular weight excluding hydrogens is 398 g/mol. The summed E-state index contributed by atoms with van der Waals surface area (Å²) in [4.78, 5) is 12.4. The average Bonchev–Trinajstić information content (AvgIpc) is 3.26. The van der Waals surface area contributed by atoms with Gasteiger partial charge in [-0.1, -0.05) is 30.0 Å². The third kappa shape index (κ3) is 4.84. The Morgan fingerprint density at radius 3 is 2.67 bits per heavy atom. The molecule has 0 spiro atoms. The summed E-state index contributed by atoms with van der Waals surface area (Å²) in [5, 5.41) is 11.5. The van der Waals surface area contributed by atoms with E-state index in [9.17, 15) is 4.79 Å². The molecule has 1 N–H and O–H groups in total. The van der Waals surface area contributed by atoms with E-state index in [0.29, 0.717) is 11.1 Å². The number of carbonyl (C=O) groups excluding carboxylic acids is 1. The largest absolute Gasteiger partial charge is 0.497 e. The lowest BCUT2D eigenvalue weighted by atomic mass is 9.89. The van der Waals surface area contributed by atoms with E-state index in [2.05, 4.69) is 33.7 Å². The van der Waals surface area contributed by atoms with Crippen molar-refractivity contribution in [1.82, 2.24) is 15.5 Å². The van der Waals surface area contributed by atoms with Crippen molar-refractivity contribution in [1.29, 1.82) is 0 Å². The quantitative estimate of drug-likeness (QED) is 0.560. The standard InChI is InChI=1S/C23H25N3O3S/c1-15(18-8-7-16-5-3-4-6-19(16)13-18)24-21(27)14-30-23-26-25-22(29-23)17-9-11-20(28-2)12-10-17/h7-13,15H,3-6,14H2,1-2H3,(H,24,27). The highest BCUT2D eigenvalue weighted by Crippen LogP contribution is 2.26. The Morgan fingerprint density at radius 2 is 1.90 bits per heavy atom. The number of hydrogen-bond acceptors (Lipinski definition) is 6. The summed E-state index contributed by atoms with van der Waals surface area (Å²) in [7, 11) is 1.62. The molecule has 6 nitrogen and oxygen atoms in total. The van der Waals surface area contributed by atoms with E-state index < -0.39 is 0 Å². The molecule has 0 bridgehead atoms. The van der Waals surface area contributed by atoms with Gasteiger partial charge in [-0.15, -0.1) is 10.2 Å². The van der Waals surface area contributed by atoms with Gasteiger partial charge >= 0.3 is 0 Å². The van der Waals surface area contributed by atoms with Gasteiger partial charge in [-0.3, -0.25) is 4.79 Å². The molecule has 0 fully saturated rings. The van der Waals surface area contributed by atoms with Crippen molar-refractivity contribution < 1.29 is 13.9 Å². The first-order chi connectivity index (χ1) is 14.6. The number of nitrogens with zero attached hydrogens (tertiary/aromatic N) is 2. The summed E-state index contributed by atoms with van der Waals surface area (Å²) in [6.07, 6.45) is 4.81. The molecule has 0 saturated heterocycles. The van der Waals surface area contributed by atoms with Crippen LogP contribution in [0.1, 0.15) is 42.5 Å². The zero-order valence-electron chi connectivity index (χ0n) is 17.2. The smallest absolute Gasteiger partial charge is 0.277 e. The number of hydrogen-bond donors (Lipinski definition) is 1. The van der Waals surface area contributed by atoms with Crippen molar-refractivity contribution >= 4 is 17.7 Å². The summed E-state index contributed by atoms with van der Waals surface area (Å²) in [5.74, 6) is 1.34. The first-order valence-electron chi connectivity index (χ1n) is 10.1. The lowest BCUT2D eigenvalue weighted by molar-refractivity contribution is -0.119. The SMILES string of the molecule is COc1ccc(-c2nnc(SCC(=O)NC(C)c3ccc4c(c3)CCCC4)o2)cc1. The van der Waals surface area contributed by atoms with Crippen molar-refractivity contribution in [2.75, 3.05) is 12.9 Å². The molecule has 1 atom stereocenters. The van der Waals surface area contributed by atoms with E-state index in [-0.39, 0.29) is 17.7 Å². The molecule has 1 aliphatic rings. The molecule has 156 valence electrons. The van der Waals surface area contributed by atoms with E-state index in [4.69, 9.17) is 9.15 Å². The Kier molecular flexibility index (Phi) is 6.38. The van der Waals surface area contributed by atoms with E-state index >= 15 is 0 Å². The highest BCUT2D eigenvalue weighted by Gasteiger charge is 2.16. The second-order valence-corrected chi connectivity index (χ2v) is 8.34. The van der Waals surface area contributed by atoms with Gasteiger partial charge in [-0.05, 0) is 73.6 Å². The van der Waals surface area contributed by atoms with Gasteiger partial charge in [-0.25, -0.2) is 0 Å². The van der Waals surface area contributed by atoms with Crippen LogP contribution in [0.3, 0.4) is 0 Å². The number of aryl methyl sites for hydroxylation is 2. The predicted molar refractivity (Wildman–Crippen MR) is 117 cm³/mol. The Morgan fingerprint density at radius 1 is 1.13 bits per heavy atom. The molecule has 30 heavy (non-hydrogen) atoms. The number of aromatic nitrogens is 2. The molecule has 1 amide bonds.